The topological polar surface area (TPSA) is 93.5 Å². The second-order valence-corrected chi connectivity index (χ2v) is 5.29. The smallest absolute Gasteiger partial charge is 0.408 e. The molecule has 0 aromatic heterocycles. The van der Waals surface area contributed by atoms with E-state index in [0.717, 1.165) is 11.1 Å². The summed E-state index contributed by atoms with van der Waals surface area (Å²) < 4.78 is 5.13. The summed E-state index contributed by atoms with van der Waals surface area (Å²) in [6.45, 7) is 0.141. The lowest BCUT2D eigenvalue weighted by Gasteiger charge is -2.17. The third kappa shape index (κ3) is 5.73. The minimum absolute atomic E-state index is 0.141. The number of ether oxygens (including phenoxy) is 1. The number of hydrogen-bond acceptors (Lipinski definition) is 4. The Morgan fingerprint density at radius 3 is 2.12 bits per heavy atom. The van der Waals surface area contributed by atoms with E-state index in [1.165, 1.54) is 0 Å². The van der Waals surface area contributed by atoms with Crippen molar-refractivity contribution < 1.29 is 14.3 Å². The standard InChI is InChI=1S/C18H21N3O3/c19-21-17(22)16(12-11-14-7-3-1-4-8-14)20-18(23)24-13-15-9-5-2-6-10-15/h1-10,16H,11-13,19H2,(H,20,23)(H,21,22)/t16-/m0/s1. The number of amides is 2. The first-order valence-electron chi connectivity index (χ1n) is 7.70. The van der Waals surface area contributed by atoms with E-state index in [2.05, 4.69) is 10.7 Å². The Morgan fingerprint density at radius 2 is 1.54 bits per heavy atom. The number of alkyl carbamates (subject to hydrolysis) is 1. The van der Waals surface area contributed by atoms with Crippen molar-refractivity contribution in [1.82, 2.24) is 10.7 Å². The Hall–Kier alpha value is -2.86. The molecule has 0 spiro atoms. The van der Waals surface area contributed by atoms with Gasteiger partial charge >= 0.3 is 6.09 Å². The normalized spacial score (nSPS) is 11.4. The van der Waals surface area contributed by atoms with E-state index in [1.807, 2.05) is 60.7 Å². The molecule has 4 N–H and O–H groups in total. The number of hydrogen-bond donors (Lipinski definition) is 3. The van der Waals surface area contributed by atoms with Crippen LogP contribution in [0.4, 0.5) is 4.79 Å². The van der Waals surface area contributed by atoms with Crippen LogP contribution in [0, 0.1) is 0 Å². The van der Waals surface area contributed by atoms with Crippen LogP contribution in [0.15, 0.2) is 60.7 Å². The molecule has 0 aliphatic rings. The predicted molar refractivity (Wildman–Crippen MR) is 90.6 cm³/mol. The second kappa shape index (κ2) is 9.32. The fourth-order valence-electron chi connectivity index (χ4n) is 2.23. The molecule has 2 aromatic rings. The number of nitrogens with one attached hydrogen (secondary N) is 2. The van der Waals surface area contributed by atoms with E-state index in [9.17, 15) is 9.59 Å². The molecular weight excluding hydrogens is 306 g/mol. The molecule has 1 atom stereocenters. The number of benzene rings is 2. The quantitative estimate of drug-likeness (QED) is 0.411. The average molecular weight is 327 g/mol. The van der Waals surface area contributed by atoms with Gasteiger partial charge < -0.3 is 10.1 Å². The van der Waals surface area contributed by atoms with Gasteiger partial charge in [0.2, 0.25) is 0 Å². The Balaban J connectivity index is 1.85. The molecule has 6 heteroatoms. The maximum absolute atomic E-state index is 11.9. The summed E-state index contributed by atoms with van der Waals surface area (Å²) in [5.41, 5.74) is 4.02. The van der Waals surface area contributed by atoms with Crippen LogP contribution in [0.1, 0.15) is 17.5 Å². The van der Waals surface area contributed by atoms with E-state index in [-0.39, 0.29) is 6.61 Å². The molecule has 2 rings (SSSR count). The largest absolute Gasteiger partial charge is 0.445 e. The van der Waals surface area contributed by atoms with Crippen LogP contribution in [0.25, 0.3) is 0 Å². The molecule has 0 fully saturated rings. The summed E-state index contributed by atoms with van der Waals surface area (Å²) in [6, 6.07) is 18.3. The van der Waals surface area contributed by atoms with Gasteiger partial charge in [-0.15, -0.1) is 0 Å². The summed E-state index contributed by atoms with van der Waals surface area (Å²) in [5.74, 6) is 4.74. The number of aryl methyl sites for hydroxylation is 1. The van der Waals surface area contributed by atoms with Crippen molar-refractivity contribution in [3.8, 4) is 0 Å². The average Bonchev–Trinajstić information content (AvgIpc) is 2.64. The molecule has 0 heterocycles. The first-order valence-corrected chi connectivity index (χ1v) is 7.70. The van der Waals surface area contributed by atoms with E-state index >= 15 is 0 Å². The van der Waals surface area contributed by atoms with E-state index < -0.39 is 18.0 Å². The van der Waals surface area contributed by atoms with Gasteiger partial charge in [-0.3, -0.25) is 10.2 Å². The van der Waals surface area contributed by atoms with Crippen LogP contribution in [-0.2, 0) is 22.6 Å². The number of carbonyl (C=O) groups is 2. The summed E-state index contributed by atoms with van der Waals surface area (Å²) in [5, 5.41) is 2.56. The molecule has 0 aliphatic carbocycles. The molecule has 0 saturated heterocycles. The molecule has 6 nitrogen and oxygen atoms in total. The molecule has 2 aromatic carbocycles. The number of hydrazine groups is 1. The maximum atomic E-state index is 11.9. The SMILES string of the molecule is NNC(=O)[C@H](CCc1ccccc1)NC(=O)OCc1ccccc1. The molecule has 0 bridgehead atoms. The first-order chi connectivity index (χ1) is 11.7. The van der Waals surface area contributed by atoms with Crippen molar-refractivity contribution >= 4 is 12.0 Å². The van der Waals surface area contributed by atoms with Gasteiger partial charge in [0.1, 0.15) is 12.6 Å². The Morgan fingerprint density at radius 1 is 0.958 bits per heavy atom. The van der Waals surface area contributed by atoms with Crippen LogP contribution in [0.3, 0.4) is 0 Å². The Bertz CT molecular complexity index is 647. The third-order valence-corrected chi connectivity index (χ3v) is 3.53. The minimum atomic E-state index is -0.751. The zero-order valence-electron chi connectivity index (χ0n) is 13.3. The monoisotopic (exact) mass is 327 g/mol. The zero-order chi connectivity index (χ0) is 17.2. The van der Waals surface area contributed by atoms with Gasteiger partial charge in [0.05, 0.1) is 0 Å². The van der Waals surface area contributed by atoms with Gasteiger partial charge in [-0.1, -0.05) is 60.7 Å². The van der Waals surface area contributed by atoms with Crippen LogP contribution < -0.4 is 16.6 Å². The highest BCUT2D eigenvalue weighted by molar-refractivity contribution is 5.85. The minimum Gasteiger partial charge on any atom is -0.445 e. The zero-order valence-corrected chi connectivity index (χ0v) is 13.3. The molecule has 0 saturated carbocycles. The molecule has 0 unspecified atom stereocenters. The lowest BCUT2D eigenvalue weighted by atomic mass is 10.1. The summed E-state index contributed by atoms with van der Waals surface area (Å²) in [4.78, 5) is 23.7. The van der Waals surface area contributed by atoms with Crippen molar-refractivity contribution in [2.45, 2.75) is 25.5 Å². The first kappa shape index (κ1) is 17.5. The fourth-order valence-corrected chi connectivity index (χ4v) is 2.23. The maximum Gasteiger partial charge on any atom is 0.408 e. The second-order valence-electron chi connectivity index (χ2n) is 5.29. The van der Waals surface area contributed by atoms with Gasteiger partial charge in [0.25, 0.3) is 5.91 Å². The summed E-state index contributed by atoms with van der Waals surface area (Å²) >= 11 is 0. The lowest BCUT2D eigenvalue weighted by molar-refractivity contribution is -0.123. The van der Waals surface area contributed by atoms with Gasteiger partial charge in [0.15, 0.2) is 0 Å². The Kier molecular flexibility index (Phi) is 6.79. The van der Waals surface area contributed by atoms with Crippen molar-refractivity contribution in [2.75, 3.05) is 0 Å². The van der Waals surface area contributed by atoms with Crippen molar-refractivity contribution in [2.24, 2.45) is 5.84 Å². The molecule has 0 aliphatic heterocycles. The highest BCUT2D eigenvalue weighted by Gasteiger charge is 2.20. The molecule has 2 amide bonds. The Labute approximate surface area is 141 Å². The van der Waals surface area contributed by atoms with Crippen LogP contribution in [0.2, 0.25) is 0 Å². The lowest BCUT2D eigenvalue weighted by Crippen LogP contribution is -2.49. The highest BCUT2D eigenvalue weighted by Crippen LogP contribution is 2.06. The number of rotatable bonds is 7. The van der Waals surface area contributed by atoms with Crippen LogP contribution in [-0.4, -0.2) is 18.0 Å². The van der Waals surface area contributed by atoms with E-state index in [1.54, 1.807) is 0 Å². The van der Waals surface area contributed by atoms with Crippen LogP contribution in [0.5, 0.6) is 0 Å². The van der Waals surface area contributed by atoms with Crippen LogP contribution >= 0.6 is 0 Å². The summed E-state index contributed by atoms with van der Waals surface area (Å²) in [6.07, 6.45) is 0.409. The van der Waals surface area contributed by atoms with E-state index in [4.69, 9.17) is 10.6 Å². The van der Waals surface area contributed by atoms with Crippen molar-refractivity contribution in [1.29, 1.82) is 0 Å². The number of carbonyl (C=O) groups excluding carboxylic acids is 2. The van der Waals surface area contributed by atoms with Gasteiger partial charge in [0, 0.05) is 0 Å². The predicted octanol–water partition coefficient (Wildman–Crippen LogP) is 1.90. The van der Waals surface area contributed by atoms with Gasteiger partial charge in [-0.2, -0.15) is 0 Å². The molecule has 0 radical (unpaired) electrons. The third-order valence-electron chi connectivity index (χ3n) is 3.53. The summed E-state index contributed by atoms with van der Waals surface area (Å²) in [7, 11) is 0. The fraction of sp³-hybridized carbons (Fsp3) is 0.222. The van der Waals surface area contributed by atoms with Crippen molar-refractivity contribution in [3.05, 3.63) is 71.8 Å². The van der Waals surface area contributed by atoms with Gasteiger partial charge in [-0.05, 0) is 24.0 Å². The van der Waals surface area contributed by atoms with Crippen molar-refractivity contribution in [3.63, 3.8) is 0 Å². The molecular formula is C18H21N3O3. The molecule has 24 heavy (non-hydrogen) atoms. The van der Waals surface area contributed by atoms with Gasteiger partial charge in [-0.25, -0.2) is 10.6 Å². The molecule has 126 valence electrons. The highest BCUT2D eigenvalue weighted by atomic mass is 16.5. The number of nitrogens with two attached hydrogens (primary N) is 1. The van der Waals surface area contributed by atoms with E-state index in [0.29, 0.717) is 12.8 Å².